The third-order valence-corrected chi connectivity index (χ3v) is 1.93. The Balaban J connectivity index is 2.74. The van der Waals surface area contributed by atoms with Gasteiger partial charge in [0.25, 0.3) is 0 Å². The van der Waals surface area contributed by atoms with Crippen LogP contribution in [0.4, 0.5) is 0 Å². The van der Waals surface area contributed by atoms with E-state index in [1.165, 1.54) is 11.8 Å². The van der Waals surface area contributed by atoms with Gasteiger partial charge in [-0.1, -0.05) is 5.92 Å². The summed E-state index contributed by atoms with van der Waals surface area (Å²) in [4.78, 5) is 23.2. The molecule has 1 atom stereocenters. The molecule has 0 aromatic heterocycles. The van der Waals surface area contributed by atoms with Crippen LogP contribution in [0.2, 0.25) is 0 Å². The number of rotatable bonds is 2. The molecular weight excluding hydrogens is 182 g/mol. The third kappa shape index (κ3) is 1.94. The molecule has 0 aromatic rings. The van der Waals surface area contributed by atoms with Gasteiger partial charge in [0, 0.05) is 13.3 Å². The Labute approximate surface area is 82.5 Å². The first-order chi connectivity index (χ1) is 6.56. The topological polar surface area (TPSA) is 46.6 Å². The van der Waals surface area contributed by atoms with Crippen molar-refractivity contribution in [2.24, 2.45) is 0 Å². The van der Waals surface area contributed by atoms with Gasteiger partial charge in [-0.25, -0.2) is 0 Å². The van der Waals surface area contributed by atoms with Crippen molar-refractivity contribution >= 4 is 11.9 Å². The molecule has 4 nitrogen and oxygen atoms in total. The SMILES string of the molecule is C#CC1CCC(=O)N1C(=C)OC(C)=O. The molecule has 1 aliphatic heterocycles. The zero-order valence-corrected chi connectivity index (χ0v) is 7.95. The Morgan fingerprint density at radius 3 is 2.93 bits per heavy atom. The van der Waals surface area contributed by atoms with E-state index in [4.69, 9.17) is 11.2 Å². The summed E-state index contributed by atoms with van der Waals surface area (Å²) in [5.74, 6) is 1.81. The Bertz CT molecular complexity index is 327. The molecule has 4 heteroatoms. The van der Waals surface area contributed by atoms with Gasteiger partial charge in [0.1, 0.15) is 6.04 Å². The number of likely N-dealkylation sites (tertiary alicyclic amines) is 1. The molecular formula is C10H11NO3. The van der Waals surface area contributed by atoms with E-state index < -0.39 is 5.97 Å². The molecule has 1 fully saturated rings. The highest BCUT2D eigenvalue weighted by molar-refractivity contribution is 5.81. The number of carbonyl (C=O) groups is 2. The minimum atomic E-state index is -0.509. The fourth-order valence-electron chi connectivity index (χ4n) is 1.37. The molecule has 1 rings (SSSR count). The van der Waals surface area contributed by atoms with Crippen LogP contribution in [0.5, 0.6) is 0 Å². The van der Waals surface area contributed by atoms with Crippen molar-refractivity contribution in [2.45, 2.75) is 25.8 Å². The highest BCUT2D eigenvalue weighted by atomic mass is 16.5. The fraction of sp³-hybridized carbons (Fsp3) is 0.400. The van der Waals surface area contributed by atoms with E-state index >= 15 is 0 Å². The van der Waals surface area contributed by atoms with Crippen molar-refractivity contribution in [1.82, 2.24) is 4.90 Å². The predicted octanol–water partition coefficient (Wildman–Crippen LogP) is 0.645. The summed E-state index contributed by atoms with van der Waals surface area (Å²) in [5, 5.41) is 0. The second-order valence-electron chi connectivity index (χ2n) is 2.97. The lowest BCUT2D eigenvalue weighted by Crippen LogP contribution is -2.32. The lowest BCUT2D eigenvalue weighted by molar-refractivity contribution is -0.141. The van der Waals surface area contributed by atoms with Crippen LogP contribution in [-0.2, 0) is 14.3 Å². The van der Waals surface area contributed by atoms with Gasteiger partial charge in [-0.3, -0.25) is 14.5 Å². The zero-order valence-electron chi connectivity index (χ0n) is 7.95. The molecule has 0 bridgehead atoms. The third-order valence-electron chi connectivity index (χ3n) is 1.93. The summed E-state index contributed by atoms with van der Waals surface area (Å²) >= 11 is 0. The highest BCUT2D eigenvalue weighted by Gasteiger charge is 2.32. The highest BCUT2D eigenvalue weighted by Crippen LogP contribution is 2.22. The van der Waals surface area contributed by atoms with Crippen LogP contribution in [0.3, 0.4) is 0 Å². The molecule has 74 valence electrons. The predicted molar refractivity (Wildman–Crippen MR) is 49.6 cm³/mol. The molecule has 0 spiro atoms. The van der Waals surface area contributed by atoms with Crippen molar-refractivity contribution < 1.29 is 14.3 Å². The standard InChI is InChI=1S/C10H11NO3/c1-4-9-5-6-10(13)11(9)7(2)14-8(3)12/h1,9H,2,5-6H2,3H3. The molecule has 0 aromatic carbocycles. The number of hydrogen-bond donors (Lipinski definition) is 0. The number of hydrogen-bond acceptors (Lipinski definition) is 3. The van der Waals surface area contributed by atoms with Gasteiger partial charge < -0.3 is 4.74 Å². The summed E-state index contributed by atoms with van der Waals surface area (Å²) in [5.41, 5.74) is 0. The molecule has 1 aliphatic rings. The van der Waals surface area contributed by atoms with E-state index in [0.29, 0.717) is 12.8 Å². The molecule has 0 N–H and O–H groups in total. The van der Waals surface area contributed by atoms with Crippen LogP contribution in [0, 0.1) is 12.3 Å². The minimum absolute atomic E-state index is 0.0166. The lowest BCUT2D eigenvalue weighted by atomic mass is 10.2. The molecule has 1 unspecified atom stereocenters. The van der Waals surface area contributed by atoms with E-state index in [2.05, 4.69) is 12.5 Å². The van der Waals surface area contributed by atoms with Gasteiger partial charge in [0.15, 0.2) is 5.88 Å². The van der Waals surface area contributed by atoms with Crippen molar-refractivity contribution in [3.05, 3.63) is 12.5 Å². The van der Waals surface area contributed by atoms with Crippen LogP contribution < -0.4 is 0 Å². The number of esters is 1. The first kappa shape index (κ1) is 10.3. The monoisotopic (exact) mass is 193 g/mol. The maximum Gasteiger partial charge on any atom is 0.309 e. The van der Waals surface area contributed by atoms with Gasteiger partial charge in [-0.15, -0.1) is 6.42 Å². The number of carbonyl (C=O) groups excluding carboxylic acids is 2. The fourth-order valence-corrected chi connectivity index (χ4v) is 1.37. The summed E-state index contributed by atoms with van der Waals surface area (Å²) < 4.78 is 4.71. The number of ether oxygens (including phenoxy) is 1. The molecule has 14 heavy (non-hydrogen) atoms. The number of amides is 1. The molecule has 0 saturated carbocycles. The van der Waals surface area contributed by atoms with Crippen LogP contribution in [0.25, 0.3) is 0 Å². The van der Waals surface area contributed by atoms with Crippen molar-refractivity contribution in [3.63, 3.8) is 0 Å². The second kappa shape index (κ2) is 3.97. The van der Waals surface area contributed by atoms with E-state index in [1.807, 2.05) is 0 Å². The normalized spacial score (nSPS) is 20.4. The second-order valence-corrected chi connectivity index (χ2v) is 2.97. The average molecular weight is 193 g/mol. The van der Waals surface area contributed by atoms with Crippen LogP contribution in [0.1, 0.15) is 19.8 Å². The summed E-state index contributed by atoms with van der Waals surface area (Å²) in [6.07, 6.45) is 6.18. The first-order valence-electron chi connectivity index (χ1n) is 4.21. The van der Waals surface area contributed by atoms with E-state index in [0.717, 1.165) is 0 Å². The number of nitrogens with zero attached hydrogens (tertiary/aromatic N) is 1. The van der Waals surface area contributed by atoms with Gasteiger partial charge >= 0.3 is 5.97 Å². The lowest BCUT2D eigenvalue weighted by Gasteiger charge is -2.21. The van der Waals surface area contributed by atoms with Crippen molar-refractivity contribution in [2.75, 3.05) is 0 Å². The minimum Gasteiger partial charge on any atom is -0.410 e. The van der Waals surface area contributed by atoms with Crippen LogP contribution in [0.15, 0.2) is 12.5 Å². The molecule has 0 aliphatic carbocycles. The Morgan fingerprint density at radius 1 is 1.79 bits per heavy atom. The van der Waals surface area contributed by atoms with E-state index in [1.54, 1.807) is 0 Å². The van der Waals surface area contributed by atoms with E-state index in [9.17, 15) is 9.59 Å². The van der Waals surface area contributed by atoms with Gasteiger partial charge in [0.05, 0.1) is 0 Å². The molecule has 1 amide bonds. The quantitative estimate of drug-likeness (QED) is 0.367. The van der Waals surface area contributed by atoms with Crippen molar-refractivity contribution in [1.29, 1.82) is 0 Å². The van der Waals surface area contributed by atoms with Crippen LogP contribution >= 0.6 is 0 Å². The average Bonchev–Trinajstić information content (AvgIpc) is 2.45. The van der Waals surface area contributed by atoms with Crippen LogP contribution in [-0.4, -0.2) is 22.8 Å². The maximum atomic E-state index is 11.3. The molecule has 1 heterocycles. The van der Waals surface area contributed by atoms with Gasteiger partial charge in [-0.2, -0.15) is 0 Å². The zero-order chi connectivity index (χ0) is 10.7. The van der Waals surface area contributed by atoms with E-state index in [-0.39, 0.29) is 17.8 Å². The molecule has 0 radical (unpaired) electrons. The Hall–Kier alpha value is -1.76. The smallest absolute Gasteiger partial charge is 0.309 e. The number of terminal acetylenes is 1. The Kier molecular flexibility index (Phi) is 2.92. The maximum absolute atomic E-state index is 11.3. The molecule has 1 saturated heterocycles. The Morgan fingerprint density at radius 2 is 2.43 bits per heavy atom. The van der Waals surface area contributed by atoms with Crippen molar-refractivity contribution in [3.8, 4) is 12.3 Å². The first-order valence-corrected chi connectivity index (χ1v) is 4.21. The summed E-state index contributed by atoms with van der Waals surface area (Å²) in [6, 6.07) is -0.339. The largest absolute Gasteiger partial charge is 0.410 e. The summed E-state index contributed by atoms with van der Waals surface area (Å²) in [6.45, 7) is 4.74. The van der Waals surface area contributed by atoms with Gasteiger partial charge in [0.2, 0.25) is 5.91 Å². The van der Waals surface area contributed by atoms with Gasteiger partial charge in [-0.05, 0) is 13.0 Å². The summed E-state index contributed by atoms with van der Waals surface area (Å²) in [7, 11) is 0.